The van der Waals surface area contributed by atoms with Crippen LogP contribution in [-0.4, -0.2) is 116 Å². The molecule has 442 valence electrons. The van der Waals surface area contributed by atoms with Crippen molar-refractivity contribution in [3.05, 3.63) is 132 Å². The molecular weight excluding hydrogens is 1080 g/mol. The molecule has 0 radical (unpaired) electrons. The van der Waals surface area contributed by atoms with Gasteiger partial charge in [-0.2, -0.15) is 0 Å². The Hall–Kier alpha value is -8.50. The molecule has 0 N–H and O–H groups in total. The number of allylic oxidation sites excluding steroid dienone is 2. The molecule has 0 bridgehead atoms. The molecule has 2 aromatic carbocycles. The summed E-state index contributed by atoms with van der Waals surface area (Å²) in [6.45, 7) is 18.5. The first-order valence-electron chi connectivity index (χ1n) is 24.8. The van der Waals surface area contributed by atoms with Crippen LogP contribution in [0.4, 0.5) is 0 Å². The minimum absolute atomic E-state index is 0.0219. The van der Waals surface area contributed by atoms with Crippen molar-refractivity contribution in [2.45, 2.75) is 104 Å². The number of aromatic nitrogens is 4. The van der Waals surface area contributed by atoms with E-state index in [0.717, 1.165) is 11.3 Å². The number of aldehydes is 1. The van der Waals surface area contributed by atoms with Gasteiger partial charge in [-0.1, -0.05) is 56.3 Å². The van der Waals surface area contributed by atoms with Gasteiger partial charge in [0.1, 0.15) is 46.7 Å². The second kappa shape index (κ2) is 35.9. The Morgan fingerprint density at radius 2 is 0.975 bits per heavy atom. The van der Waals surface area contributed by atoms with Crippen LogP contribution in [0, 0.1) is 0 Å². The van der Waals surface area contributed by atoms with Crippen LogP contribution >= 0.6 is 8.38 Å². The summed E-state index contributed by atoms with van der Waals surface area (Å²) in [6.07, 6.45) is 6.93. The predicted molar refractivity (Wildman–Crippen MR) is 295 cm³/mol. The van der Waals surface area contributed by atoms with Gasteiger partial charge in [0.15, 0.2) is 11.5 Å². The fourth-order valence-electron chi connectivity index (χ4n) is 5.58. The van der Waals surface area contributed by atoms with Gasteiger partial charge in [-0.15, -0.1) is 0 Å². The fraction of sp³-hybridized carbons (Fsp3) is 0.411. The number of ether oxygens (including phenoxy) is 7. The molecule has 4 aromatic heterocycles. The molecule has 24 nitrogen and oxygen atoms in total. The Balaban J connectivity index is 0.000000353. The molecule has 0 saturated heterocycles. The monoisotopic (exact) mass is 1150 g/mol. The lowest BCUT2D eigenvalue weighted by molar-refractivity contribution is -0.170. The zero-order valence-corrected chi connectivity index (χ0v) is 49.4. The van der Waals surface area contributed by atoms with Crippen molar-refractivity contribution < 1.29 is 89.1 Å². The van der Waals surface area contributed by atoms with Crippen LogP contribution in [0.1, 0.15) is 116 Å². The third-order valence-corrected chi connectivity index (χ3v) is 11.1. The average molecular weight is 1150 g/mol. The fourth-order valence-corrected chi connectivity index (χ4v) is 6.73. The molecule has 6 rings (SSSR count). The Morgan fingerprint density at radius 1 is 0.580 bits per heavy atom. The molecule has 4 atom stereocenters. The van der Waals surface area contributed by atoms with Gasteiger partial charge in [0.05, 0.1) is 53.6 Å². The Morgan fingerprint density at radius 3 is 1.35 bits per heavy atom. The highest BCUT2D eigenvalue weighted by atomic mass is 31.2. The summed E-state index contributed by atoms with van der Waals surface area (Å²) in [6, 6.07) is 25.2. The number of benzene rings is 2. The van der Waals surface area contributed by atoms with E-state index in [2.05, 4.69) is 25.4 Å². The van der Waals surface area contributed by atoms with E-state index in [1.54, 1.807) is 50.3 Å². The molecule has 4 unspecified atom stereocenters. The van der Waals surface area contributed by atoms with Crippen molar-refractivity contribution in [2.75, 3.05) is 48.8 Å². The SMILES string of the molecule is CC(C)(C)OC(=O)CP(Oc1ccccc1)Oc1ccccc1.COc1cc(C(C)/C=C\C(=O)OC(C)(C)C)on1.COc1cc(C(C)/C=C\OC=O)on1.COc1cc(C(C)C(=O)N(C)OC)on1.COc1cc(C(C)C=O)on1. The number of likely N-dealkylation sites (N-methyl/N-ethyl adjacent to an activating group) is 1. The number of methoxy groups -OCH3 is 4. The summed E-state index contributed by atoms with van der Waals surface area (Å²) in [5.41, 5.74) is -1.02. The van der Waals surface area contributed by atoms with Gasteiger partial charge >= 0.3 is 20.3 Å². The molecule has 0 aliphatic rings. The Bertz CT molecular complexity index is 2760. The molecule has 81 heavy (non-hydrogen) atoms. The third kappa shape index (κ3) is 27.8. The van der Waals surface area contributed by atoms with Crippen molar-refractivity contribution in [3.8, 4) is 35.0 Å². The first-order valence-corrected chi connectivity index (χ1v) is 26.2. The molecule has 1 amide bonds. The van der Waals surface area contributed by atoms with E-state index in [9.17, 15) is 24.0 Å². The lowest BCUT2D eigenvalue weighted by atomic mass is 10.1. The summed E-state index contributed by atoms with van der Waals surface area (Å²) >= 11 is 0. The molecule has 0 aliphatic carbocycles. The molecular formula is C56H74N5O19P. The van der Waals surface area contributed by atoms with Gasteiger partial charge in [-0.25, -0.2) is 9.86 Å². The van der Waals surface area contributed by atoms with Gasteiger partial charge < -0.3 is 65.1 Å². The van der Waals surface area contributed by atoms with Crippen LogP contribution in [0.25, 0.3) is 0 Å². The van der Waals surface area contributed by atoms with Crippen molar-refractivity contribution >= 4 is 39.0 Å². The number of amides is 1. The van der Waals surface area contributed by atoms with Gasteiger partial charge in [0, 0.05) is 49.2 Å². The predicted octanol–water partition coefficient (Wildman–Crippen LogP) is 10.7. The van der Waals surface area contributed by atoms with Gasteiger partial charge in [-0.3, -0.25) is 19.2 Å². The van der Waals surface area contributed by atoms with E-state index in [-0.39, 0.29) is 41.8 Å². The minimum Gasteiger partial charge on any atom is -0.479 e. The maximum atomic E-state index is 12.1. The van der Waals surface area contributed by atoms with Crippen molar-refractivity contribution in [1.29, 1.82) is 0 Å². The van der Waals surface area contributed by atoms with E-state index in [1.165, 1.54) is 54.9 Å². The summed E-state index contributed by atoms with van der Waals surface area (Å²) in [5, 5.41) is 15.6. The number of para-hydroxylation sites is 2. The quantitative estimate of drug-likeness (QED) is 0.0116. The topological polar surface area (TPSA) is 285 Å². The van der Waals surface area contributed by atoms with Crippen LogP contribution in [0.3, 0.4) is 0 Å². The molecule has 0 aliphatic heterocycles. The van der Waals surface area contributed by atoms with E-state index in [4.69, 9.17) is 60.4 Å². The molecule has 6 aromatic rings. The van der Waals surface area contributed by atoms with Gasteiger partial charge in [0.2, 0.25) is 0 Å². The zero-order chi connectivity index (χ0) is 60.5. The first kappa shape index (κ1) is 68.6. The summed E-state index contributed by atoms with van der Waals surface area (Å²) in [4.78, 5) is 60.1. The molecule has 0 spiro atoms. The third-order valence-electron chi connectivity index (χ3n) is 9.80. The maximum Gasteiger partial charge on any atom is 0.330 e. The minimum atomic E-state index is -1.48. The van der Waals surface area contributed by atoms with E-state index >= 15 is 0 Å². The number of rotatable bonds is 22. The number of hydrogen-bond donors (Lipinski definition) is 0. The van der Waals surface area contributed by atoms with Crippen molar-refractivity contribution in [2.24, 2.45) is 0 Å². The average Bonchev–Trinajstić information content (AvgIpc) is 4.31. The van der Waals surface area contributed by atoms with Gasteiger partial charge in [-0.05, 0) is 106 Å². The first-order chi connectivity index (χ1) is 38.4. The van der Waals surface area contributed by atoms with E-state index in [1.807, 2.05) is 116 Å². The van der Waals surface area contributed by atoms with Crippen LogP contribution in [-0.2, 0) is 43.0 Å². The van der Waals surface area contributed by atoms with E-state index < -0.39 is 25.5 Å². The largest absolute Gasteiger partial charge is 0.479 e. The zero-order valence-electron chi connectivity index (χ0n) is 48.5. The lowest BCUT2D eigenvalue weighted by Gasteiger charge is -2.22. The highest BCUT2D eigenvalue weighted by Crippen LogP contribution is 2.40. The van der Waals surface area contributed by atoms with E-state index in [0.29, 0.717) is 64.5 Å². The second-order valence-electron chi connectivity index (χ2n) is 18.7. The van der Waals surface area contributed by atoms with Crippen LogP contribution < -0.4 is 28.0 Å². The summed E-state index contributed by atoms with van der Waals surface area (Å²) in [7, 11) is 7.48. The highest BCUT2D eigenvalue weighted by Gasteiger charge is 2.26. The molecule has 0 fully saturated rings. The number of esters is 2. The molecule has 0 saturated carbocycles. The van der Waals surface area contributed by atoms with Crippen molar-refractivity contribution in [1.82, 2.24) is 25.7 Å². The Labute approximate surface area is 472 Å². The van der Waals surface area contributed by atoms with Crippen LogP contribution in [0.5, 0.6) is 35.0 Å². The number of hydroxylamine groups is 2. The van der Waals surface area contributed by atoms with Crippen LogP contribution in [0.15, 0.2) is 128 Å². The normalized spacial score (nSPS) is 12.4. The smallest absolute Gasteiger partial charge is 0.330 e. The standard InChI is InChI=1S/C18H21O4P.C13H19NO4.C9H14N2O4.C9H11NO4.C7H9NO3/c1-18(2,3)20-17(19)14-23(21-15-10-6-4-7-11-15)22-16-12-8-5-9-13-16;1-9(10-8-11(16-5)14-18-10)6-7-12(15)17-13(2,3)4;1-6(9(12)11(2)14-4)7-5-8(13-3)10-15-7;1-7(3-4-13-6-11)8-5-9(12-2)10-14-8;1-5(4-9)6-3-7(10-2)8-11-6/h4-13H,14H2,1-3H3;6-9H,1-5H3;5-6H,1-4H3;3-7H,1-2H3;3-5H,1-2H3/b;7-6-;;4-3-;. The summed E-state index contributed by atoms with van der Waals surface area (Å²) < 4.78 is 65.8. The van der Waals surface area contributed by atoms with Gasteiger partial charge in [0.25, 0.3) is 35.9 Å². The highest BCUT2D eigenvalue weighted by molar-refractivity contribution is 7.49. The number of nitrogens with zero attached hydrogens (tertiary/aromatic N) is 5. The maximum absolute atomic E-state index is 12.1. The molecule has 25 heteroatoms. The Kier molecular flexibility index (Phi) is 30.4. The number of hydrogen-bond acceptors (Lipinski definition) is 23. The second-order valence-corrected chi connectivity index (χ2v) is 20.0. The van der Waals surface area contributed by atoms with Crippen LogP contribution in [0.2, 0.25) is 0 Å². The van der Waals surface area contributed by atoms with Crippen molar-refractivity contribution in [3.63, 3.8) is 0 Å². The summed E-state index contributed by atoms with van der Waals surface area (Å²) in [5.74, 6) is 3.44. The number of carbonyl (C=O) groups is 5. The lowest BCUT2D eigenvalue weighted by Crippen LogP contribution is -2.29. The number of carbonyl (C=O) groups excluding carboxylic acids is 5. The molecule has 4 heterocycles.